The third-order valence-corrected chi connectivity index (χ3v) is 0.524. The zero-order valence-corrected chi connectivity index (χ0v) is 8.77. The SMILES string of the molecule is CC(=O)OC(=O)C(C)=O.[Ce]. The van der Waals surface area contributed by atoms with Crippen LogP contribution in [0.1, 0.15) is 13.8 Å². The van der Waals surface area contributed by atoms with Crippen LogP contribution in [-0.4, -0.2) is 17.7 Å². The van der Waals surface area contributed by atoms with E-state index < -0.39 is 17.7 Å². The van der Waals surface area contributed by atoms with Crippen LogP contribution >= 0.6 is 0 Å². The van der Waals surface area contributed by atoms with Gasteiger partial charge in [-0.3, -0.25) is 9.59 Å². The summed E-state index contributed by atoms with van der Waals surface area (Å²) in [6.45, 7) is 2.09. The minimum absolute atomic E-state index is 0. The summed E-state index contributed by atoms with van der Waals surface area (Å²) in [5.41, 5.74) is 0. The van der Waals surface area contributed by atoms with E-state index in [0.29, 0.717) is 0 Å². The van der Waals surface area contributed by atoms with Crippen LogP contribution in [0, 0.1) is 41.7 Å². The molecule has 0 aromatic carbocycles. The van der Waals surface area contributed by atoms with Gasteiger partial charge in [0.2, 0.25) is 5.78 Å². The van der Waals surface area contributed by atoms with Gasteiger partial charge in [0, 0.05) is 55.6 Å². The fourth-order valence-electron chi connectivity index (χ4n) is 0.202. The first-order valence-electron chi connectivity index (χ1n) is 2.27. The Hall–Kier alpha value is 0.187. The summed E-state index contributed by atoms with van der Waals surface area (Å²) in [6, 6.07) is 0. The molecule has 0 rings (SSSR count). The molecule has 4 nitrogen and oxygen atoms in total. The van der Waals surface area contributed by atoms with Crippen LogP contribution in [0.3, 0.4) is 0 Å². The molecule has 0 fully saturated rings. The summed E-state index contributed by atoms with van der Waals surface area (Å²) in [5, 5.41) is 0. The van der Waals surface area contributed by atoms with Crippen LogP contribution in [0.5, 0.6) is 0 Å². The van der Waals surface area contributed by atoms with Gasteiger partial charge in [0.1, 0.15) is 0 Å². The largest absolute Gasteiger partial charge is 0.387 e. The first-order valence-corrected chi connectivity index (χ1v) is 2.27. The quantitative estimate of drug-likeness (QED) is 0.372. The molecule has 0 aromatic heterocycles. The molecule has 0 heterocycles. The molecule has 0 atom stereocenters. The molecule has 0 N–H and O–H groups in total. The normalized spacial score (nSPS) is 7.40. The third kappa shape index (κ3) is 6.31. The van der Waals surface area contributed by atoms with Crippen LogP contribution in [0.2, 0.25) is 0 Å². The molecule has 5 heteroatoms. The van der Waals surface area contributed by atoms with Gasteiger partial charge in [-0.1, -0.05) is 0 Å². The van der Waals surface area contributed by atoms with Crippen molar-refractivity contribution in [3.63, 3.8) is 0 Å². The Kier molecular flexibility index (Phi) is 7.61. The Morgan fingerprint density at radius 3 is 1.60 bits per heavy atom. The van der Waals surface area contributed by atoms with Gasteiger partial charge in [-0.05, 0) is 0 Å². The molecule has 0 aliphatic carbocycles. The van der Waals surface area contributed by atoms with Crippen molar-refractivity contribution in [2.24, 2.45) is 0 Å². The number of esters is 2. The van der Waals surface area contributed by atoms with Crippen LogP contribution in [0.4, 0.5) is 0 Å². The van der Waals surface area contributed by atoms with Crippen LogP contribution in [0.15, 0.2) is 0 Å². The van der Waals surface area contributed by atoms with Crippen molar-refractivity contribution >= 4 is 17.7 Å². The van der Waals surface area contributed by atoms with E-state index in [1.54, 1.807) is 0 Å². The van der Waals surface area contributed by atoms with E-state index in [4.69, 9.17) is 0 Å². The van der Waals surface area contributed by atoms with E-state index in [1.165, 1.54) is 0 Å². The van der Waals surface area contributed by atoms with Crippen molar-refractivity contribution in [3.05, 3.63) is 0 Å². The number of hydrogen-bond acceptors (Lipinski definition) is 4. The fourth-order valence-corrected chi connectivity index (χ4v) is 0.202. The Bertz CT molecular complexity index is 163. The molecular formula is C5H6CeO4. The Morgan fingerprint density at radius 2 is 1.50 bits per heavy atom. The summed E-state index contributed by atoms with van der Waals surface area (Å²) >= 11 is 0. The molecule has 0 bridgehead atoms. The van der Waals surface area contributed by atoms with Crippen molar-refractivity contribution < 1.29 is 60.9 Å². The van der Waals surface area contributed by atoms with E-state index in [-0.39, 0.29) is 41.7 Å². The second-order valence-corrected chi connectivity index (χ2v) is 1.44. The molecule has 54 valence electrons. The molecule has 0 aliphatic rings. The maximum Gasteiger partial charge on any atom is 0.381 e. The van der Waals surface area contributed by atoms with Gasteiger partial charge in [-0.15, -0.1) is 0 Å². The molecule has 0 spiro atoms. The van der Waals surface area contributed by atoms with Crippen LogP contribution in [0.25, 0.3) is 0 Å². The Morgan fingerprint density at radius 1 is 1.10 bits per heavy atom. The molecule has 0 saturated carbocycles. The maximum atomic E-state index is 10.2. The monoisotopic (exact) mass is 270 g/mol. The summed E-state index contributed by atoms with van der Waals surface area (Å²) in [4.78, 5) is 30.2. The summed E-state index contributed by atoms with van der Waals surface area (Å²) in [5.74, 6) is -2.65. The number of hydrogen-bond donors (Lipinski definition) is 0. The Balaban J connectivity index is 0. The minimum atomic E-state index is -1.11. The minimum Gasteiger partial charge on any atom is -0.387 e. The molecule has 0 unspecified atom stereocenters. The Labute approximate surface area is 91.7 Å². The summed E-state index contributed by atoms with van der Waals surface area (Å²) in [7, 11) is 0. The van der Waals surface area contributed by atoms with Crippen LogP contribution < -0.4 is 0 Å². The van der Waals surface area contributed by atoms with Gasteiger partial charge in [-0.2, -0.15) is 0 Å². The van der Waals surface area contributed by atoms with Gasteiger partial charge < -0.3 is 4.74 Å². The number of carbonyl (C=O) groups is 3. The predicted molar refractivity (Wildman–Crippen MR) is 27.5 cm³/mol. The maximum absolute atomic E-state index is 10.2. The van der Waals surface area contributed by atoms with Gasteiger partial charge >= 0.3 is 11.9 Å². The molecule has 0 amide bonds. The van der Waals surface area contributed by atoms with E-state index >= 15 is 0 Å². The van der Waals surface area contributed by atoms with E-state index in [2.05, 4.69) is 4.74 Å². The fraction of sp³-hybridized carbons (Fsp3) is 0.400. The van der Waals surface area contributed by atoms with Gasteiger partial charge in [0.05, 0.1) is 0 Å². The van der Waals surface area contributed by atoms with Crippen molar-refractivity contribution in [1.29, 1.82) is 0 Å². The van der Waals surface area contributed by atoms with Gasteiger partial charge in [0.15, 0.2) is 0 Å². The first-order chi connectivity index (χ1) is 4.04. The number of ketones is 1. The van der Waals surface area contributed by atoms with Crippen molar-refractivity contribution in [1.82, 2.24) is 0 Å². The van der Waals surface area contributed by atoms with E-state index in [0.717, 1.165) is 13.8 Å². The molecule has 0 aliphatic heterocycles. The standard InChI is InChI=1S/C5H6O4.Ce/c1-3(6)5(8)9-4(2)7;/h1-2H3;. The molecule has 0 saturated heterocycles. The average molecular weight is 270 g/mol. The van der Waals surface area contributed by atoms with Crippen LogP contribution in [-0.2, 0) is 19.1 Å². The van der Waals surface area contributed by atoms with Crippen molar-refractivity contribution in [2.45, 2.75) is 13.8 Å². The van der Waals surface area contributed by atoms with Gasteiger partial charge in [0.25, 0.3) is 0 Å². The topological polar surface area (TPSA) is 60.4 Å². The van der Waals surface area contributed by atoms with E-state index in [9.17, 15) is 14.4 Å². The third-order valence-electron chi connectivity index (χ3n) is 0.524. The van der Waals surface area contributed by atoms with Crippen molar-refractivity contribution in [3.8, 4) is 0 Å². The molecular weight excluding hydrogens is 264 g/mol. The average Bonchev–Trinajstić information content (AvgIpc) is 1.63. The first kappa shape index (κ1) is 12.8. The number of Topliss-reactive ketones (excluding diaryl/α,β-unsaturated/α-hetero) is 1. The number of carbonyl (C=O) groups excluding carboxylic acids is 3. The molecule has 0 radical (unpaired) electrons. The van der Waals surface area contributed by atoms with Crippen molar-refractivity contribution in [2.75, 3.05) is 0 Å². The summed E-state index contributed by atoms with van der Waals surface area (Å²) in [6.07, 6.45) is 0. The van der Waals surface area contributed by atoms with Gasteiger partial charge in [-0.25, -0.2) is 4.79 Å². The number of rotatable bonds is 1. The predicted octanol–water partition coefficient (Wildman–Crippen LogP) is -0.335. The second kappa shape index (κ2) is 5.93. The van der Waals surface area contributed by atoms with E-state index in [1.807, 2.05) is 0 Å². The molecule has 0 aromatic rings. The molecule has 10 heavy (non-hydrogen) atoms. The summed E-state index contributed by atoms with van der Waals surface area (Å²) < 4.78 is 3.88. The zero-order valence-electron chi connectivity index (χ0n) is 5.63. The smallest absolute Gasteiger partial charge is 0.381 e. The second-order valence-electron chi connectivity index (χ2n) is 1.44. The number of ether oxygens (including phenoxy) is 1. The zero-order chi connectivity index (χ0) is 7.44.